The van der Waals surface area contributed by atoms with Gasteiger partial charge in [-0.1, -0.05) is 24.3 Å². The van der Waals surface area contributed by atoms with Gasteiger partial charge in [0.2, 0.25) is 5.91 Å². The van der Waals surface area contributed by atoms with Crippen LogP contribution in [-0.2, 0) is 11.2 Å². The average Bonchev–Trinajstić information content (AvgIpc) is 2.61. The topological polar surface area (TPSA) is 64.0 Å². The highest BCUT2D eigenvalue weighted by Gasteiger charge is 2.33. The number of nitrogens with one attached hydrogen (secondary N) is 1. The molecule has 1 amide bonds. The number of carbonyl (C=O) groups excluding carboxylic acids is 1. The van der Waals surface area contributed by atoms with Gasteiger partial charge in [0.15, 0.2) is 0 Å². The van der Waals surface area contributed by atoms with E-state index in [2.05, 4.69) is 10.3 Å². The van der Waals surface area contributed by atoms with Crippen LogP contribution in [0.3, 0.4) is 0 Å². The Morgan fingerprint density at radius 1 is 1.12 bits per heavy atom. The van der Waals surface area contributed by atoms with Crippen LogP contribution in [-0.4, -0.2) is 15.5 Å². The van der Waals surface area contributed by atoms with Crippen LogP contribution < -0.4 is 10.9 Å². The summed E-state index contributed by atoms with van der Waals surface area (Å²) in [4.78, 5) is 30.1. The minimum absolute atomic E-state index is 0.227. The lowest BCUT2D eigenvalue weighted by Gasteiger charge is -2.31. The second kappa shape index (κ2) is 5.81. The van der Waals surface area contributed by atoms with Gasteiger partial charge in [0.1, 0.15) is 17.7 Å². The zero-order valence-corrected chi connectivity index (χ0v) is 13.6. The molecule has 0 bridgehead atoms. The number of hydrogen-bond acceptors (Lipinski definition) is 3. The minimum atomic E-state index is -0.707. The molecule has 3 aromatic rings. The number of hydrogen-bond donors (Lipinski definition) is 1. The van der Waals surface area contributed by atoms with Gasteiger partial charge in [0.25, 0.3) is 5.56 Å². The van der Waals surface area contributed by atoms with E-state index in [9.17, 15) is 14.0 Å². The quantitative estimate of drug-likeness (QED) is 0.781. The van der Waals surface area contributed by atoms with Crippen molar-refractivity contribution >= 4 is 16.8 Å². The Bertz CT molecular complexity index is 1030. The molecule has 1 N–H and O–H groups in total. The molecule has 0 radical (unpaired) electrons. The molecule has 1 aliphatic heterocycles. The third kappa shape index (κ3) is 2.59. The van der Waals surface area contributed by atoms with Gasteiger partial charge in [-0.15, -0.1) is 0 Å². The molecule has 5 nitrogen and oxygen atoms in total. The third-order valence-electron chi connectivity index (χ3n) is 4.54. The van der Waals surface area contributed by atoms with Crippen molar-refractivity contribution < 1.29 is 9.18 Å². The lowest BCUT2D eigenvalue weighted by atomic mass is 10.0. The first-order chi connectivity index (χ1) is 12.0. The Labute approximate surface area is 143 Å². The molecule has 0 fully saturated rings. The number of fused-ring (bicyclic) bond motifs is 2. The largest absolute Gasteiger partial charge is 0.345 e. The Morgan fingerprint density at radius 3 is 2.60 bits per heavy atom. The van der Waals surface area contributed by atoms with E-state index < -0.39 is 6.04 Å². The molecule has 0 aliphatic carbocycles. The van der Waals surface area contributed by atoms with Crippen LogP contribution in [0.2, 0.25) is 0 Å². The predicted molar refractivity (Wildman–Crippen MR) is 91.7 cm³/mol. The minimum Gasteiger partial charge on any atom is -0.345 e. The summed E-state index contributed by atoms with van der Waals surface area (Å²) in [6, 6.07) is 12.0. The first-order valence-corrected chi connectivity index (χ1v) is 8.10. The van der Waals surface area contributed by atoms with Crippen LogP contribution in [0.4, 0.5) is 4.39 Å². The van der Waals surface area contributed by atoms with Crippen LogP contribution >= 0.6 is 0 Å². The number of carbonyl (C=O) groups is 1. The smallest absolute Gasteiger partial charge is 0.262 e. The van der Waals surface area contributed by atoms with Crippen molar-refractivity contribution in [3.63, 3.8) is 0 Å². The van der Waals surface area contributed by atoms with E-state index in [0.717, 1.165) is 5.56 Å². The number of rotatable bonds is 2. The fraction of sp³-hybridized carbons (Fsp3) is 0.211. The van der Waals surface area contributed by atoms with Crippen molar-refractivity contribution in [2.45, 2.75) is 25.4 Å². The van der Waals surface area contributed by atoms with E-state index in [0.29, 0.717) is 23.1 Å². The molecule has 2 heterocycles. The zero-order valence-electron chi connectivity index (χ0n) is 13.6. The molecule has 2 atom stereocenters. The van der Waals surface area contributed by atoms with Gasteiger partial charge in [-0.3, -0.25) is 14.2 Å². The van der Waals surface area contributed by atoms with E-state index in [1.54, 1.807) is 37.3 Å². The molecule has 6 heteroatoms. The Morgan fingerprint density at radius 2 is 1.84 bits per heavy atom. The molecule has 1 aliphatic rings. The van der Waals surface area contributed by atoms with Crippen molar-refractivity contribution in [2.75, 3.05) is 0 Å². The van der Waals surface area contributed by atoms with E-state index in [1.807, 2.05) is 6.07 Å². The maximum atomic E-state index is 13.1. The fourth-order valence-electron chi connectivity index (χ4n) is 3.29. The molecule has 0 unspecified atom stereocenters. The van der Waals surface area contributed by atoms with Gasteiger partial charge in [-0.2, -0.15) is 0 Å². The second-order valence-corrected chi connectivity index (χ2v) is 6.24. The van der Waals surface area contributed by atoms with Crippen LogP contribution in [0.1, 0.15) is 30.4 Å². The van der Waals surface area contributed by atoms with Crippen LogP contribution in [0.5, 0.6) is 0 Å². The SMILES string of the molecule is C[C@@H]1NC(=O)[C@@H](Cc2ccc(F)cc2)n2c1nc1ccccc1c2=O. The standard InChI is InChI=1S/C19H16FN3O2/c1-11-17-22-15-5-3-2-4-14(15)19(25)23(17)16(18(24)21-11)10-12-6-8-13(20)9-7-12/h2-9,11,16H,10H2,1H3,(H,21,24)/t11-,16+/m0/s1. The van der Waals surface area contributed by atoms with Crippen LogP contribution in [0.15, 0.2) is 53.3 Å². The average molecular weight is 337 g/mol. The Balaban J connectivity index is 1.88. The molecular formula is C19H16FN3O2. The van der Waals surface area contributed by atoms with Gasteiger partial charge in [0, 0.05) is 6.42 Å². The van der Waals surface area contributed by atoms with Crippen LogP contribution in [0.25, 0.3) is 10.9 Å². The van der Waals surface area contributed by atoms with E-state index in [4.69, 9.17) is 0 Å². The molecule has 25 heavy (non-hydrogen) atoms. The van der Waals surface area contributed by atoms with Gasteiger partial charge in [-0.05, 0) is 36.8 Å². The Hall–Kier alpha value is -3.02. The number of amides is 1. The summed E-state index contributed by atoms with van der Waals surface area (Å²) in [5, 5.41) is 3.36. The lowest BCUT2D eigenvalue weighted by Crippen LogP contribution is -2.47. The maximum absolute atomic E-state index is 13.1. The first-order valence-electron chi connectivity index (χ1n) is 8.10. The summed E-state index contributed by atoms with van der Waals surface area (Å²) < 4.78 is 14.6. The molecule has 4 rings (SSSR count). The summed E-state index contributed by atoms with van der Waals surface area (Å²) in [6.07, 6.45) is 0.297. The molecule has 2 aromatic carbocycles. The highest BCUT2D eigenvalue weighted by Crippen LogP contribution is 2.25. The van der Waals surface area contributed by atoms with E-state index in [1.165, 1.54) is 16.7 Å². The van der Waals surface area contributed by atoms with Crippen molar-refractivity contribution in [2.24, 2.45) is 0 Å². The number of benzene rings is 2. The van der Waals surface area contributed by atoms with Crippen molar-refractivity contribution in [1.82, 2.24) is 14.9 Å². The number of nitrogens with zero attached hydrogens (tertiary/aromatic N) is 2. The molecular weight excluding hydrogens is 321 g/mol. The molecule has 0 saturated heterocycles. The molecule has 126 valence electrons. The number of halogens is 1. The van der Waals surface area contributed by atoms with Crippen molar-refractivity contribution in [1.29, 1.82) is 0 Å². The summed E-state index contributed by atoms with van der Waals surface area (Å²) in [5.74, 6) is -0.0328. The van der Waals surface area contributed by atoms with Gasteiger partial charge in [0.05, 0.1) is 16.9 Å². The fourth-order valence-corrected chi connectivity index (χ4v) is 3.29. The highest BCUT2D eigenvalue weighted by molar-refractivity contribution is 5.84. The first kappa shape index (κ1) is 15.5. The van der Waals surface area contributed by atoms with E-state index >= 15 is 0 Å². The molecule has 0 saturated carbocycles. The number of para-hydroxylation sites is 1. The molecule has 1 aromatic heterocycles. The summed E-state index contributed by atoms with van der Waals surface area (Å²) in [6.45, 7) is 1.80. The van der Waals surface area contributed by atoms with E-state index in [-0.39, 0.29) is 23.3 Å². The summed E-state index contributed by atoms with van der Waals surface area (Å²) in [5.41, 5.74) is 1.17. The van der Waals surface area contributed by atoms with Crippen molar-refractivity contribution in [3.05, 3.63) is 76.1 Å². The summed E-state index contributed by atoms with van der Waals surface area (Å²) >= 11 is 0. The Kier molecular flexibility index (Phi) is 3.60. The van der Waals surface area contributed by atoms with Gasteiger partial charge >= 0.3 is 0 Å². The summed E-state index contributed by atoms with van der Waals surface area (Å²) in [7, 11) is 0. The third-order valence-corrected chi connectivity index (χ3v) is 4.54. The number of aromatic nitrogens is 2. The predicted octanol–water partition coefficient (Wildman–Crippen LogP) is 2.51. The van der Waals surface area contributed by atoms with Crippen molar-refractivity contribution in [3.8, 4) is 0 Å². The zero-order chi connectivity index (χ0) is 17.6. The maximum Gasteiger partial charge on any atom is 0.262 e. The normalized spacial score (nSPS) is 19.5. The highest BCUT2D eigenvalue weighted by atomic mass is 19.1. The van der Waals surface area contributed by atoms with Gasteiger partial charge < -0.3 is 5.32 Å². The second-order valence-electron chi connectivity index (χ2n) is 6.24. The monoisotopic (exact) mass is 337 g/mol. The lowest BCUT2D eigenvalue weighted by molar-refractivity contribution is -0.126. The molecule has 0 spiro atoms. The van der Waals surface area contributed by atoms with Gasteiger partial charge in [-0.25, -0.2) is 9.37 Å². The van der Waals surface area contributed by atoms with Crippen LogP contribution in [0, 0.1) is 5.82 Å².